The summed E-state index contributed by atoms with van der Waals surface area (Å²) in [4.78, 5) is 0. The van der Waals surface area contributed by atoms with Gasteiger partial charge in [-0.15, -0.1) is 0 Å². The molecule has 0 atom stereocenters. The molecule has 122 valence electrons. The third-order valence-electron chi connectivity index (χ3n) is 5.03. The van der Waals surface area contributed by atoms with Gasteiger partial charge < -0.3 is 4.74 Å². The molecule has 23 heavy (non-hydrogen) atoms. The van der Waals surface area contributed by atoms with Crippen molar-refractivity contribution in [2.24, 2.45) is 0 Å². The molecule has 0 radical (unpaired) electrons. The number of hydrogen-bond acceptors (Lipinski definition) is 1. The molecule has 2 heteroatoms. The number of halogens is 1. The first-order chi connectivity index (χ1) is 11.2. The molecule has 1 nitrogen and oxygen atoms in total. The first-order valence-corrected chi connectivity index (χ1v) is 8.69. The predicted molar refractivity (Wildman–Crippen MR) is 93.6 cm³/mol. The average Bonchev–Trinajstić information content (AvgIpc) is 2.62. The standard InChI is InChI=1S/C21H25FO/c1-3-15-9-11-18(19(13-15)16-7-5-4-6-8-16)20-14-17(23-2)10-12-21(20)22/h9-14,16H,3-8H2,1-2H3. The zero-order valence-corrected chi connectivity index (χ0v) is 14.1. The van der Waals surface area contributed by atoms with Gasteiger partial charge in [0.1, 0.15) is 11.6 Å². The Balaban J connectivity index is 2.10. The molecule has 0 bridgehead atoms. The van der Waals surface area contributed by atoms with Gasteiger partial charge in [0, 0.05) is 5.56 Å². The van der Waals surface area contributed by atoms with Gasteiger partial charge in [0.25, 0.3) is 0 Å². The van der Waals surface area contributed by atoms with Gasteiger partial charge in [-0.1, -0.05) is 44.4 Å². The van der Waals surface area contributed by atoms with Gasteiger partial charge >= 0.3 is 0 Å². The van der Waals surface area contributed by atoms with Crippen LogP contribution in [-0.2, 0) is 6.42 Å². The molecule has 2 aromatic rings. The molecule has 1 fully saturated rings. The van der Waals surface area contributed by atoms with Crippen LogP contribution >= 0.6 is 0 Å². The van der Waals surface area contributed by atoms with Crippen LogP contribution in [0.1, 0.15) is 56.1 Å². The smallest absolute Gasteiger partial charge is 0.131 e. The molecular weight excluding hydrogens is 287 g/mol. The van der Waals surface area contributed by atoms with Crippen molar-refractivity contribution in [1.82, 2.24) is 0 Å². The molecule has 2 aromatic carbocycles. The lowest BCUT2D eigenvalue weighted by Crippen LogP contribution is -2.07. The van der Waals surface area contributed by atoms with Crippen LogP contribution in [0.5, 0.6) is 5.75 Å². The summed E-state index contributed by atoms with van der Waals surface area (Å²) in [7, 11) is 1.62. The fourth-order valence-electron chi connectivity index (χ4n) is 3.67. The average molecular weight is 312 g/mol. The van der Waals surface area contributed by atoms with E-state index in [1.54, 1.807) is 13.2 Å². The van der Waals surface area contributed by atoms with Gasteiger partial charge in [-0.25, -0.2) is 4.39 Å². The van der Waals surface area contributed by atoms with Crippen LogP contribution in [0.3, 0.4) is 0 Å². The first kappa shape index (κ1) is 16.0. The summed E-state index contributed by atoms with van der Waals surface area (Å²) in [6.45, 7) is 2.17. The summed E-state index contributed by atoms with van der Waals surface area (Å²) >= 11 is 0. The summed E-state index contributed by atoms with van der Waals surface area (Å²) in [5, 5.41) is 0. The molecule has 0 aromatic heterocycles. The van der Waals surface area contributed by atoms with E-state index < -0.39 is 0 Å². The van der Waals surface area contributed by atoms with Crippen molar-refractivity contribution in [2.45, 2.75) is 51.4 Å². The van der Waals surface area contributed by atoms with E-state index in [-0.39, 0.29) is 5.82 Å². The maximum absolute atomic E-state index is 14.5. The summed E-state index contributed by atoms with van der Waals surface area (Å²) < 4.78 is 19.8. The molecule has 1 aliphatic rings. The van der Waals surface area contributed by atoms with Crippen LogP contribution in [0.15, 0.2) is 36.4 Å². The van der Waals surface area contributed by atoms with Gasteiger partial charge in [0.2, 0.25) is 0 Å². The van der Waals surface area contributed by atoms with E-state index in [9.17, 15) is 4.39 Å². The van der Waals surface area contributed by atoms with Crippen LogP contribution in [0, 0.1) is 5.82 Å². The van der Waals surface area contributed by atoms with Crippen molar-refractivity contribution in [3.8, 4) is 16.9 Å². The van der Waals surface area contributed by atoms with Crippen molar-refractivity contribution in [2.75, 3.05) is 7.11 Å². The normalized spacial score (nSPS) is 15.6. The number of rotatable bonds is 4. The Morgan fingerprint density at radius 1 is 1.00 bits per heavy atom. The highest BCUT2D eigenvalue weighted by molar-refractivity contribution is 5.70. The summed E-state index contributed by atoms with van der Waals surface area (Å²) in [5.74, 6) is 1.08. The highest BCUT2D eigenvalue weighted by Gasteiger charge is 2.21. The number of aryl methyl sites for hydroxylation is 1. The molecule has 0 amide bonds. The van der Waals surface area contributed by atoms with Gasteiger partial charge in [-0.2, -0.15) is 0 Å². The van der Waals surface area contributed by atoms with Crippen molar-refractivity contribution < 1.29 is 9.13 Å². The van der Waals surface area contributed by atoms with E-state index in [1.807, 2.05) is 6.07 Å². The van der Waals surface area contributed by atoms with E-state index in [2.05, 4.69) is 25.1 Å². The predicted octanol–water partition coefficient (Wildman–Crippen LogP) is 6.11. The number of ether oxygens (including phenoxy) is 1. The third kappa shape index (κ3) is 3.41. The second-order valence-corrected chi connectivity index (χ2v) is 6.46. The molecule has 0 N–H and O–H groups in total. The van der Waals surface area contributed by atoms with Crippen LogP contribution in [0.2, 0.25) is 0 Å². The molecule has 0 unspecified atom stereocenters. The summed E-state index contributed by atoms with van der Waals surface area (Å²) in [6.07, 6.45) is 7.33. The van der Waals surface area contributed by atoms with Gasteiger partial charge in [0.15, 0.2) is 0 Å². The quantitative estimate of drug-likeness (QED) is 0.661. The highest BCUT2D eigenvalue weighted by atomic mass is 19.1. The molecule has 0 heterocycles. The van der Waals surface area contributed by atoms with Crippen LogP contribution in [-0.4, -0.2) is 7.11 Å². The lowest BCUT2D eigenvalue weighted by Gasteiger charge is -2.25. The highest BCUT2D eigenvalue weighted by Crippen LogP contribution is 2.40. The van der Waals surface area contributed by atoms with Crippen molar-refractivity contribution in [3.05, 3.63) is 53.3 Å². The number of benzene rings is 2. The molecule has 0 aliphatic heterocycles. The Kier molecular flexibility index (Phi) is 5.00. The number of hydrogen-bond donors (Lipinski definition) is 0. The lowest BCUT2D eigenvalue weighted by atomic mass is 9.80. The second-order valence-electron chi connectivity index (χ2n) is 6.46. The largest absolute Gasteiger partial charge is 0.497 e. The van der Waals surface area contributed by atoms with Crippen LogP contribution in [0.25, 0.3) is 11.1 Å². The van der Waals surface area contributed by atoms with E-state index in [4.69, 9.17) is 4.74 Å². The van der Waals surface area contributed by atoms with Gasteiger partial charge in [0.05, 0.1) is 7.11 Å². The van der Waals surface area contributed by atoms with Crippen molar-refractivity contribution in [1.29, 1.82) is 0 Å². The van der Waals surface area contributed by atoms with E-state index in [1.165, 1.54) is 49.3 Å². The van der Waals surface area contributed by atoms with Crippen LogP contribution in [0.4, 0.5) is 4.39 Å². The monoisotopic (exact) mass is 312 g/mol. The van der Waals surface area contributed by atoms with Crippen molar-refractivity contribution in [3.63, 3.8) is 0 Å². The van der Waals surface area contributed by atoms with Gasteiger partial charge in [-0.3, -0.25) is 0 Å². The Morgan fingerprint density at radius 3 is 2.48 bits per heavy atom. The SMILES string of the molecule is CCc1ccc(-c2cc(OC)ccc2F)c(C2CCCCC2)c1. The van der Waals surface area contributed by atoms with E-state index in [0.29, 0.717) is 17.2 Å². The first-order valence-electron chi connectivity index (χ1n) is 8.69. The minimum Gasteiger partial charge on any atom is -0.497 e. The molecule has 1 saturated carbocycles. The topological polar surface area (TPSA) is 9.23 Å². The summed E-state index contributed by atoms with van der Waals surface area (Å²) in [5.41, 5.74) is 4.34. The molecule has 1 aliphatic carbocycles. The second kappa shape index (κ2) is 7.16. The van der Waals surface area contributed by atoms with E-state index in [0.717, 1.165) is 12.0 Å². The Bertz CT molecular complexity index is 672. The molecule has 0 saturated heterocycles. The molecule has 0 spiro atoms. The zero-order chi connectivity index (χ0) is 16.2. The van der Waals surface area contributed by atoms with Gasteiger partial charge in [-0.05, 0) is 60.1 Å². The Labute approximate surface area is 138 Å². The maximum atomic E-state index is 14.5. The Morgan fingerprint density at radius 2 is 1.78 bits per heavy atom. The van der Waals surface area contributed by atoms with E-state index >= 15 is 0 Å². The van der Waals surface area contributed by atoms with Crippen LogP contribution < -0.4 is 4.74 Å². The fraction of sp³-hybridized carbons (Fsp3) is 0.429. The Hall–Kier alpha value is -1.83. The minimum atomic E-state index is -0.174. The number of methoxy groups -OCH3 is 1. The zero-order valence-electron chi connectivity index (χ0n) is 14.1. The summed E-state index contributed by atoms with van der Waals surface area (Å²) in [6, 6.07) is 11.5. The fourth-order valence-corrected chi connectivity index (χ4v) is 3.67. The molecule has 3 rings (SSSR count). The lowest BCUT2D eigenvalue weighted by molar-refractivity contribution is 0.414. The maximum Gasteiger partial charge on any atom is 0.131 e. The minimum absolute atomic E-state index is 0.174. The third-order valence-corrected chi connectivity index (χ3v) is 5.03. The van der Waals surface area contributed by atoms with Crippen molar-refractivity contribution >= 4 is 0 Å². The molecular formula is C21H25FO.